The zero-order valence-electron chi connectivity index (χ0n) is 26.3. The Balaban J connectivity index is 1.17. The Hall–Kier alpha value is -6.44. The van der Waals surface area contributed by atoms with Crippen LogP contribution in [0.15, 0.2) is 133 Å². The highest BCUT2D eigenvalue weighted by Gasteiger charge is 2.19. The van der Waals surface area contributed by atoms with Crippen molar-refractivity contribution in [3.05, 3.63) is 145 Å². The molecule has 0 aliphatic carbocycles. The maximum atomic E-state index is 9.67. The van der Waals surface area contributed by atoms with Crippen molar-refractivity contribution in [3.63, 3.8) is 0 Å². The van der Waals surface area contributed by atoms with E-state index in [-0.39, 0.29) is 0 Å². The molecule has 50 heavy (non-hydrogen) atoms. The highest BCUT2D eigenvalue weighted by atomic mass is 32.1. The minimum atomic E-state index is 0.601. The van der Waals surface area contributed by atoms with Gasteiger partial charge in [-0.2, -0.15) is 10.5 Å². The lowest BCUT2D eigenvalue weighted by atomic mass is 10.1. The van der Waals surface area contributed by atoms with Gasteiger partial charge >= 0.3 is 0 Å². The molecule has 4 aromatic heterocycles. The normalized spacial score (nSPS) is 12.0. The van der Waals surface area contributed by atoms with Gasteiger partial charge < -0.3 is 9.13 Å². The van der Waals surface area contributed by atoms with Gasteiger partial charge in [0.1, 0.15) is 0 Å². The van der Waals surface area contributed by atoms with Crippen molar-refractivity contribution in [1.29, 1.82) is 10.5 Å². The fourth-order valence-electron chi connectivity index (χ4n) is 8.02. The Labute approximate surface area is 293 Å². The topological polar surface area (TPSA) is 57.4 Å². The first-order valence-corrected chi connectivity index (χ1v) is 18.0. The number of para-hydroxylation sites is 1. The van der Waals surface area contributed by atoms with Crippen molar-refractivity contribution in [3.8, 4) is 23.5 Å². The van der Waals surface area contributed by atoms with Crippen LogP contribution < -0.4 is 0 Å². The van der Waals surface area contributed by atoms with Crippen LogP contribution in [0.1, 0.15) is 11.1 Å². The molecule has 0 fully saturated rings. The zero-order chi connectivity index (χ0) is 33.1. The van der Waals surface area contributed by atoms with E-state index in [0.29, 0.717) is 11.1 Å². The molecule has 0 spiro atoms. The van der Waals surface area contributed by atoms with Gasteiger partial charge in [-0.1, -0.05) is 36.4 Å². The summed E-state index contributed by atoms with van der Waals surface area (Å²) in [7, 11) is 0. The second-order valence-corrected chi connectivity index (χ2v) is 14.9. The molecule has 0 unspecified atom stereocenters. The molecule has 0 aliphatic rings. The van der Waals surface area contributed by atoms with Crippen molar-refractivity contribution < 1.29 is 0 Å². The lowest BCUT2D eigenvalue weighted by molar-refractivity contribution is 1.18. The summed E-state index contributed by atoms with van der Waals surface area (Å²) in [6.07, 6.45) is 0. The number of nitrogens with zero attached hydrogens (tertiary/aromatic N) is 4. The molecule has 0 amide bonds. The number of fused-ring (bicyclic) bond motifs is 13. The van der Waals surface area contributed by atoms with Gasteiger partial charge in [0.05, 0.1) is 45.3 Å². The van der Waals surface area contributed by atoms with E-state index in [9.17, 15) is 10.5 Å². The summed E-state index contributed by atoms with van der Waals surface area (Å²) >= 11 is 3.67. The SMILES string of the molecule is N#Cc1ccc2c(c1)c1cc(C#N)ccc1n2-c1ccc2sc3ccc(-n4c5ccccc5c5c6c(ccc54)sc4ccccc46)cc3c2c1. The molecule has 11 aromatic rings. The highest BCUT2D eigenvalue weighted by molar-refractivity contribution is 7.26. The van der Waals surface area contributed by atoms with Crippen molar-refractivity contribution in [2.75, 3.05) is 0 Å². The first-order valence-electron chi connectivity index (χ1n) is 16.4. The Morgan fingerprint density at radius 1 is 0.380 bits per heavy atom. The van der Waals surface area contributed by atoms with Gasteiger partial charge in [0.25, 0.3) is 0 Å². The molecule has 0 N–H and O–H groups in total. The summed E-state index contributed by atoms with van der Waals surface area (Å²) in [4.78, 5) is 0. The van der Waals surface area contributed by atoms with E-state index in [1.54, 1.807) is 0 Å². The predicted octanol–water partition coefficient (Wildman–Crippen LogP) is 12.4. The number of hydrogen-bond donors (Lipinski definition) is 0. The van der Waals surface area contributed by atoms with E-state index < -0.39 is 0 Å². The number of rotatable bonds is 2. The van der Waals surface area contributed by atoms with E-state index in [2.05, 4.69) is 118 Å². The van der Waals surface area contributed by atoms with E-state index >= 15 is 0 Å². The third kappa shape index (κ3) is 3.67. The van der Waals surface area contributed by atoms with E-state index in [1.165, 1.54) is 62.2 Å². The van der Waals surface area contributed by atoms with Gasteiger partial charge in [0, 0.05) is 73.3 Å². The van der Waals surface area contributed by atoms with Crippen molar-refractivity contribution >= 4 is 107 Å². The molecular weight excluding hydrogens is 649 g/mol. The standard InChI is InChI=1S/C44H22N4S2/c45-23-25-9-13-36-31(19-25)32-20-26(24-46)10-14-37(32)47(36)27-11-16-40-33(21-27)34-22-28(12-17-41(34)49-40)48-35-7-3-1-5-29(35)43-38(48)15-18-42-44(43)30-6-2-4-8-39(30)50-42/h1-22H. The second-order valence-electron chi connectivity index (χ2n) is 12.8. The van der Waals surface area contributed by atoms with Gasteiger partial charge in [0.15, 0.2) is 0 Å². The summed E-state index contributed by atoms with van der Waals surface area (Å²) in [6, 6.07) is 51.9. The Bertz CT molecular complexity index is 3280. The number of thiophene rings is 2. The average molecular weight is 671 g/mol. The molecule has 0 saturated carbocycles. The molecular formula is C44H22N4S2. The summed E-state index contributed by atoms with van der Waals surface area (Å²) in [5.41, 5.74) is 7.80. The molecule has 0 aliphatic heterocycles. The summed E-state index contributed by atoms with van der Waals surface area (Å²) < 4.78 is 9.78. The predicted molar refractivity (Wildman–Crippen MR) is 210 cm³/mol. The first kappa shape index (κ1) is 27.5. The molecule has 4 nitrogen and oxygen atoms in total. The number of benzene rings is 7. The van der Waals surface area contributed by atoms with Crippen LogP contribution in [0, 0.1) is 22.7 Å². The first-order chi connectivity index (χ1) is 24.7. The summed E-state index contributed by atoms with van der Waals surface area (Å²) in [6.45, 7) is 0. The maximum Gasteiger partial charge on any atom is 0.0991 e. The van der Waals surface area contributed by atoms with Crippen LogP contribution in [0.2, 0.25) is 0 Å². The third-order valence-corrected chi connectivity index (χ3v) is 12.4. The van der Waals surface area contributed by atoms with Crippen LogP contribution in [0.3, 0.4) is 0 Å². The van der Waals surface area contributed by atoms with Crippen LogP contribution in [-0.2, 0) is 0 Å². The van der Waals surface area contributed by atoms with Crippen LogP contribution in [0.4, 0.5) is 0 Å². The number of hydrogen-bond acceptors (Lipinski definition) is 4. The minimum absolute atomic E-state index is 0.601. The Morgan fingerprint density at radius 3 is 1.54 bits per heavy atom. The Kier molecular flexibility index (Phi) is 5.52. The monoisotopic (exact) mass is 670 g/mol. The molecule has 11 rings (SSSR count). The third-order valence-electron chi connectivity index (χ3n) is 10.2. The lowest BCUT2D eigenvalue weighted by Gasteiger charge is -2.10. The molecule has 7 aromatic carbocycles. The second kappa shape index (κ2) is 10.0. The lowest BCUT2D eigenvalue weighted by Crippen LogP contribution is -1.94. The highest BCUT2D eigenvalue weighted by Crippen LogP contribution is 2.44. The smallest absolute Gasteiger partial charge is 0.0991 e. The van der Waals surface area contributed by atoms with Gasteiger partial charge in [-0.3, -0.25) is 0 Å². The number of nitriles is 2. The molecule has 6 heteroatoms. The quantitative estimate of drug-likeness (QED) is 0.184. The van der Waals surface area contributed by atoms with Crippen LogP contribution in [-0.4, -0.2) is 9.13 Å². The van der Waals surface area contributed by atoms with Crippen molar-refractivity contribution in [2.24, 2.45) is 0 Å². The van der Waals surface area contributed by atoms with Crippen molar-refractivity contribution in [2.45, 2.75) is 0 Å². The van der Waals surface area contributed by atoms with Crippen LogP contribution in [0.5, 0.6) is 0 Å². The maximum absolute atomic E-state index is 9.67. The molecule has 0 atom stereocenters. The molecule has 0 radical (unpaired) electrons. The van der Waals surface area contributed by atoms with E-state index in [4.69, 9.17) is 0 Å². The van der Waals surface area contributed by atoms with Crippen LogP contribution >= 0.6 is 22.7 Å². The summed E-state index contributed by atoms with van der Waals surface area (Å²) in [5, 5.41) is 28.9. The fourth-order valence-corrected chi connectivity index (χ4v) is 10.2. The number of aromatic nitrogens is 2. The largest absolute Gasteiger partial charge is 0.309 e. The van der Waals surface area contributed by atoms with E-state index in [0.717, 1.165) is 33.2 Å². The van der Waals surface area contributed by atoms with E-state index in [1.807, 2.05) is 59.1 Å². The van der Waals surface area contributed by atoms with Gasteiger partial charge in [0.2, 0.25) is 0 Å². The molecule has 0 bridgehead atoms. The molecule has 0 saturated heterocycles. The molecule has 230 valence electrons. The van der Waals surface area contributed by atoms with Crippen LogP contribution in [0.25, 0.3) is 95.3 Å². The summed E-state index contributed by atoms with van der Waals surface area (Å²) in [5.74, 6) is 0. The Morgan fingerprint density at radius 2 is 0.880 bits per heavy atom. The fraction of sp³-hybridized carbons (Fsp3) is 0. The zero-order valence-corrected chi connectivity index (χ0v) is 27.9. The average Bonchev–Trinajstić information content (AvgIpc) is 3.91. The van der Waals surface area contributed by atoms with Crippen molar-refractivity contribution in [1.82, 2.24) is 9.13 Å². The van der Waals surface area contributed by atoms with Gasteiger partial charge in [-0.25, -0.2) is 0 Å². The minimum Gasteiger partial charge on any atom is -0.309 e. The van der Waals surface area contributed by atoms with Gasteiger partial charge in [-0.15, -0.1) is 22.7 Å². The van der Waals surface area contributed by atoms with Gasteiger partial charge in [-0.05, 0) is 97.1 Å². The molecule has 4 heterocycles.